The zero-order valence-corrected chi connectivity index (χ0v) is 28.6. The standard InChI is InChI=1S/C41H75/c1-4-6-8-10-12-14-16-18-20-22-24-26-28-30-32-35-40-37-34-38-41(39(40)3)36-33-31-29-27-25-23-21-19-17-15-13-11-9-7-5-2/h34,37-38H,3-33,35-36H2,1-2H3. The zero-order valence-electron chi connectivity index (χ0n) is 28.6. The molecule has 1 radical (unpaired) electrons. The second kappa shape index (κ2) is 30.7. The predicted octanol–water partition coefficient (Wildman–Crippen LogP) is 14.7. The van der Waals surface area contributed by atoms with Crippen molar-refractivity contribution in [3.05, 3.63) is 41.8 Å². The predicted molar refractivity (Wildman–Crippen MR) is 188 cm³/mol. The van der Waals surface area contributed by atoms with Crippen molar-refractivity contribution >= 4 is 0 Å². The van der Waals surface area contributed by atoms with Crippen LogP contribution in [0.15, 0.2) is 18.2 Å². The van der Waals surface area contributed by atoms with E-state index < -0.39 is 0 Å². The van der Waals surface area contributed by atoms with Crippen LogP contribution < -0.4 is 0 Å². The Bertz CT molecular complexity index is 591. The van der Waals surface area contributed by atoms with Gasteiger partial charge in [0, 0.05) is 0 Å². The summed E-state index contributed by atoms with van der Waals surface area (Å²) >= 11 is 0. The first-order valence-corrected chi connectivity index (χ1v) is 19.2. The van der Waals surface area contributed by atoms with Crippen molar-refractivity contribution in [1.82, 2.24) is 0 Å². The van der Waals surface area contributed by atoms with Gasteiger partial charge in [0.1, 0.15) is 0 Å². The van der Waals surface area contributed by atoms with Gasteiger partial charge >= 0.3 is 0 Å². The van der Waals surface area contributed by atoms with Crippen LogP contribution in [0.1, 0.15) is 223 Å². The minimum absolute atomic E-state index is 1.23. The van der Waals surface area contributed by atoms with E-state index in [2.05, 4.69) is 39.0 Å². The molecule has 0 N–H and O–H groups in total. The van der Waals surface area contributed by atoms with Crippen molar-refractivity contribution in [2.75, 3.05) is 0 Å². The number of hydrogen-bond acceptors (Lipinski definition) is 0. The molecular formula is C41H75. The van der Waals surface area contributed by atoms with Gasteiger partial charge in [0.15, 0.2) is 0 Å². The van der Waals surface area contributed by atoms with Crippen molar-refractivity contribution in [3.63, 3.8) is 0 Å². The van der Waals surface area contributed by atoms with E-state index in [1.807, 2.05) is 0 Å². The lowest BCUT2D eigenvalue weighted by atomic mass is 9.94. The maximum absolute atomic E-state index is 4.50. The average molecular weight is 568 g/mol. The van der Waals surface area contributed by atoms with Crippen LogP contribution in [0.3, 0.4) is 0 Å². The van der Waals surface area contributed by atoms with Crippen LogP contribution in [0, 0.1) is 6.92 Å². The van der Waals surface area contributed by atoms with E-state index in [-0.39, 0.29) is 0 Å². The van der Waals surface area contributed by atoms with E-state index in [4.69, 9.17) is 0 Å². The number of benzene rings is 1. The Morgan fingerprint density at radius 1 is 0.341 bits per heavy atom. The molecule has 1 aromatic rings. The lowest BCUT2D eigenvalue weighted by Gasteiger charge is -2.11. The minimum Gasteiger partial charge on any atom is -0.0654 e. The fourth-order valence-corrected chi connectivity index (χ4v) is 6.53. The molecule has 0 aliphatic rings. The van der Waals surface area contributed by atoms with Gasteiger partial charge in [-0.2, -0.15) is 0 Å². The highest BCUT2D eigenvalue weighted by molar-refractivity contribution is 5.37. The molecule has 0 atom stereocenters. The van der Waals surface area contributed by atoms with Gasteiger partial charge in [-0.3, -0.25) is 0 Å². The lowest BCUT2D eigenvalue weighted by Crippen LogP contribution is -1.97. The Labute approximate surface area is 260 Å². The van der Waals surface area contributed by atoms with Crippen LogP contribution in [0.4, 0.5) is 0 Å². The van der Waals surface area contributed by atoms with Gasteiger partial charge in [0.05, 0.1) is 0 Å². The van der Waals surface area contributed by atoms with Gasteiger partial charge in [-0.15, -0.1) is 0 Å². The summed E-state index contributed by atoms with van der Waals surface area (Å²) in [6.45, 7) is 9.11. The number of hydrogen-bond donors (Lipinski definition) is 0. The van der Waals surface area contributed by atoms with E-state index >= 15 is 0 Å². The molecule has 1 aromatic carbocycles. The molecule has 0 aliphatic heterocycles. The van der Waals surface area contributed by atoms with Gasteiger partial charge in [-0.25, -0.2) is 0 Å². The molecule has 41 heavy (non-hydrogen) atoms. The Balaban J connectivity index is 1.93. The SMILES string of the molecule is [CH2]c1c(CCCCCCCCCCCCCCCCC)cccc1CCCCCCCCCCCCCCCCC. The molecule has 0 saturated carbocycles. The van der Waals surface area contributed by atoms with E-state index in [9.17, 15) is 0 Å². The van der Waals surface area contributed by atoms with Crippen LogP contribution in [-0.2, 0) is 12.8 Å². The normalized spacial score (nSPS) is 11.5. The molecule has 0 aromatic heterocycles. The summed E-state index contributed by atoms with van der Waals surface area (Å²) in [7, 11) is 0. The molecule has 0 bridgehead atoms. The Morgan fingerprint density at radius 3 is 0.805 bits per heavy atom. The van der Waals surface area contributed by atoms with Crippen LogP contribution in [0.2, 0.25) is 0 Å². The summed E-state index contributed by atoms with van der Waals surface area (Å²) in [6.07, 6.45) is 45.6. The first kappa shape index (κ1) is 38.2. The maximum atomic E-state index is 4.50. The summed E-state index contributed by atoms with van der Waals surface area (Å²) in [5, 5.41) is 0. The molecule has 0 saturated heterocycles. The summed E-state index contributed by atoms with van der Waals surface area (Å²) in [5.41, 5.74) is 4.37. The quantitative estimate of drug-likeness (QED) is 0.0759. The minimum atomic E-state index is 1.23. The largest absolute Gasteiger partial charge is 0.0654 e. The van der Waals surface area contributed by atoms with E-state index in [1.165, 1.54) is 222 Å². The highest BCUT2D eigenvalue weighted by atomic mass is 14.1. The monoisotopic (exact) mass is 568 g/mol. The third-order valence-electron chi connectivity index (χ3n) is 9.47. The van der Waals surface area contributed by atoms with E-state index in [0.29, 0.717) is 0 Å². The zero-order chi connectivity index (χ0) is 29.5. The first-order chi connectivity index (χ1) is 20.3. The van der Waals surface area contributed by atoms with Crippen molar-refractivity contribution in [2.45, 2.75) is 219 Å². The topological polar surface area (TPSA) is 0 Å². The summed E-state index contributed by atoms with van der Waals surface area (Å²) < 4.78 is 0. The highest BCUT2D eigenvalue weighted by Gasteiger charge is 2.05. The second-order valence-corrected chi connectivity index (χ2v) is 13.5. The molecule has 0 fully saturated rings. The smallest absolute Gasteiger partial charge is 0.0233 e. The summed E-state index contributed by atoms with van der Waals surface area (Å²) in [4.78, 5) is 0. The Kier molecular flexibility index (Phi) is 28.6. The number of unbranched alkanes of at least 4 members (excludes halogenated alkanes) is 28. The van der Waals surface area contributed by atoms with E-state index in [1.54, 1.807) is 0 Å². The molecule has 1 rings (SSSR count). The van der Waals surface area contributed by atoms with Crippen molar-refractivity contribution in [3.8, 4) is 0 Å². The summed E-state index contributed by atoms with van der Waals surface area (Å²) in [5.74, 6) is 0. The lowest BCUT2D eigenvalue weighted by molar-refractivity contribution is 0.532. The van der Waals surface area contributed by atoms with Gasteiger partial charge in [0.2, 0.25) is 0 Å². The fraction of sp³-hybridized carbons (Fsp3) is 0.829. The number of aryl methyl sites for hydroxylation is 2. The molecule has 0 heterocycles. The van der Waals surface area contributed by atoms with E-state index in [0.717, 1.165) is 0 Å². The Morgan fingerprint density at radius 2 is 0.561 bits per heavy atom. The third-order valence-corrected chi connectivity index (χ3v) is 9.47. The molecule has 0 nitrogen and oxygen atoms in total. The Hall–Kier alpha value is -0.780. The van der Waals surface area contributed by atoms with Crippen molar-refractivity contribution in [2.24, 2.45) is 0 Å². The van der Waals surface area contributed by atoms with Crippen molar-refractivity contribution < 1.29 is 0 Å². The fourth-order valence-electron chi connectivity index (χ4n) is 6.53. The molecule has 0 aliphatic carbocycles. The summed E-state index contributed by atoms with van der Waals surface area (Å²) in [6, 6.07) is 6.96. The van der Waals surface area contributed by atoms with Gasteiger partial charge < -0.3 is 0 Å². The van der Waals surface area contributed by atoms with Gasteiger partial charge in [-0.1, -0.05) is 212 Å². The highest BCUT2D eigenvalue weighted by Crippen LogP contribution is 2.20. The molecule has 0 amide bonds. The number of rotatable bonds is 32. The van der Waals surface area contributed by atoms with Crippen LogP contribution in [0.5, 0.6) is 0 Å². The van der Waals surface area contributed by atoms with Gasteiger partial charge in [-0.05, 0) is 49.3 Å². The molecule has 0 unspecified atom stereocenters. The molecule has 239 valence electrons. The molecule has 0 spiro atoms. The van der Waals surface area contributed by atoms with Gasteiger partial charge in [0.25, 0.3) is 0 Å². The third kappa shape index (κ3) is 24.4. The molecule has 0 heteroatoms. The van der Waals surface area contributed by atoms with Crippen molar-refractivity contribution in [1.29, 1.82) is 0 Å². The van der Waals surface area contributed by atoms with Crippen LogP contribution in [0.25, 0.3) is 0 Å². The average Bonchev–Trinajstić information content (AvgIpc) is 2.98. The molecular weight excluding hydrogens is 492 g/mol. The first-order valence-electron chi connectivity index (χ1n) is 19.2. The second-order valence-electron chi connectivity index (χ2n) is 13.5. The van der Waals surface area contributed by atoms with Crippen LogP contribution >= 0.6 is 0 Å². The van der Waals surface area contributed by atoms with Crippen LogP contribution in [-0.4, -0.2) is 0 Å². The maximum Gasteiger partial charge on any atom is -0.0233 e.